The highest BCUT2D eigenvalue weighted by Crippen LogP contribution is 2.30. The molecule has 0 unspecified atom stereocenters. The van der Waals surface area contributed by atoms with Gasteiger partial charge in [-0.3, -0.25) is 14.4 Å². The molecule has 0 fully saturated rings. The number of benzene rings is 3. The molecule has 4 aromatic rings. The monoisotopic (exact) mass is 413 g/mol. The van der Waals surface area contributed by atoms with Crippen molar-refractivity contribution in [2.45, 2.75) is 13.8 Å². The van der Waals surface area contributed by atoms with Crippen molar-refractivity contribution in [3.8, 4) is 17.0 Å². The Hall–Kier alpha value is -4.26. The average molecular weight is 413 g/mol. The number of carbonyl (C=O) groups excluding carboxylic acids is 3. The summed E-state index contributed by atoms with van der Waals surface area (Å²) in [6.45, 7) is 2.73. The summed E-state index contributed by atoms with van der Waals surface area (Å²) in [5.41, 5.74) is 2.90. The van der Waals surface area contributed by atoms with E-state index in [9.17, 15) is 14.4 Å². The molecule has 0 spiro atoms. The van der Waals surface area contributed by atoms with E-state index >= 15 is 0 Å². The Morgan fingerprint density at radius 2 is 1.61 bits per heavy atom. The first kappa shape index (κ1) is 20.0. The fourth-order valence-corrected chi connectivity index (χ4v) is 3.34. The summed E-state index contributed by atoms with van der Waals surface area (Å²) >= 11 is 0. The molecule has 1 aromatic heterocycles. The van der Waals surface area contributed by atoms with E-state index in [0.29, 0.717) is 16.9 Å². The van der Waals surface area contributed by atoms with Gasteiger partial charge >= 0.3 is 5.97 Å². The van der Waals surface area contributed by atoms with Crippen LogP contribution < -0.4 is 10.1 Å². The summed E-state index contributed by atoms with van der Waals surface area (Å²) in [7, 11) is 0. The molecular formula is C24H19N3O4. The zero-order chi connectivity index (χ0) is 22.0. The Kier molecular flexibility index (Phi) is 5.32. The van der Waals surface area contributed by atoms with Gasteiger partial charge in [0.1, 0.15) is 11.4 Å². The summed E-state index contributed by atoms with van der Waals surface area (Å²) in [5.74, 6) is -0.954. The van der Waals surface area contributed by atoms with Crippen molar-refractivity contribution in [1.82, 2.24) is 9.78 Å². The maximum absolute atomic E-state index is 12.8. The van der Waals surface area contributed by atoms with Crippen molar-refractivity contribution in [3.05, 3.63) is 78.4 Å². The number of hydrogen-bond acceptors (Lipinski definition) is 5. The van der Waals surface area contributed by atoms with Gasteiger partial charge in [-0.15, -0.1) is 0 Å². The number of carbonyl (C=O) groups is 3. The third-order valence-corrected chi connectivity index (χ3v) is 4.67. The van der Waals surface area contributed by atoms with Gasteiger partial charge in [0, 0.05) is 30.5 Å². The molecule has 154 valence electrons. The van der Waals surface area contributed by atoms with E-state index in [1.54, 1.807) is 42.5 Å². The van der Waals surface area contributed by atoms with Crippen LogP contribution in [-0.2, 0) is 4.79 Å². The Labute approximate surface area is 178 Å². The van der Waals surface area contributed by atoms with Gasteiger partial charge in [-0.2, -0.15) is 9.78 Å². The van der Waals surface area contributed by atoms with Gasteiger partial charge in [0.15, 0.2) is 0 Å². The largest absolute Gasteiger partial charge is 0.426 e. The number of anilines is 1. The Morgan fingerprint density at radius 1 is 0.903 bits per heavy atom. The lowest BCUT2D eigenvalue weighted by molar-refractivity contribution is -0.131. The third kappa shape index (κ3) is 4.06. The number of fused-ring (bicyclic) bond motifs is 1. The van der Waals surface area contributed by atoms with Crippen molar-refractivity contribution in [2.24, 2.45) is 0 Å². The molecule has 0 atom stereocenters. The van der Waals surface area contributed by atoms with Crippen LogP contribution in [-0.4, -0.2) is 27.6 Å². The van der Waals surface area contributed by atoms with Gasteiger partial charge in [0.05, 0.1) is 11.1 Å². The van der Waals surface area contributed by atoms with Crippen LogP contribution >= 0.6 is 0 Å². The van der Waals surface area contributed by atoms with E-state index in [1.165, 1.54) is 18.5 Å². The molecule has 0 saturated heterocycles. The van der Waals surface area contributed by atoms with Gasteiger partial charge < -0.3 is 10.1 Å². The number of rotatable bonds is 4. The van der Waals surface area contributed by atoms with E-state index in [2.05, 4.69) is 10.4 Å². The minimum Gasteiger partial charge on any atom is -0.426 e. The topological polar surface area (TPSA) is 90.3 Å². The second kappa shape index (κ2) is 8.23. The molecule has 1 amide bonds. The molecule has 0 saturated carbocycles. The lowest BCUT2D eigenvalue weighted by Crippen LogP contribution is -2.14. The maximum atomic E-state index is 12.8. The van der Waals surface area contributed by atoms with E-state index in [0.717, 1.165) is 10.9 Å². The summed E-state index contributed by atoms with van der Waals surface area (Å²) in [4.78, 5) is 36.2. The fraction of sp³-hybridized carbons (Fsp3) is 0.0833. The summed E-state index contributed by atoms with van der Waals surface area (Å²) in [6, 6.07) is 21.2. The lowest BCUT2D eigenvalue weighted by Gasteiger charge is -2.10. The highest BCUT2D eigenvalue weighted by molar-refractivity contribution is 6.08. The Morgan fingerprint density at radius 3 is 2.32 bits per heavy atom. The number of hydrogen-bond donors (Lipinski definition) is 1. The number of ether oxygens (including phenoxy) is 1. The first-order chi connectivity index (χ1) is 14.9. The lowest BCUT2D eigenvalue weighted by atomic mass is 10.1. The highest BCUT2D eigenvalue weighted by atomic mass is 16.5. The van der Waals surface area contributed by atoms with Crippen LogP contribution in [0.1, 0.15) is 29.0 Å². The molecule has 3 aromatic carbocycles. The van der Waals surface area contributed by atoms with Crippen molar-refractivity contribution in [1.29, 1.82) is 0 Å². The second-order valence-electron chi connectivity index (χ2n) is 6.92. The Balaban J connectivity index is 1.74. The number of nitrogens with one attached hydrogen (secondary N) is 1. The first-order valence-corrected chi connectivity index (χ1v) is 9.62. The van der Waals surface area contributed by atoms with E-state index in [4.69, 9.17) is 4.74 Å². The third-order valence-electron chi connectivity index (χ3n) is 4.67. The van der Waals surface area contributed by atoms with Gasteiger partial charge in [-0.25, -0.2) is 0 Å². The zero-order valence-electron chi connectivity index (χ0n) is 17.0. The number of nitrogens with zero attached hydrogens (tertiary/aromatic N) is 2. The van der Waals surface area contributed by atoms with E-state index < -0.39 is 11.9 Å². The molecule has 4 rings (SSSR count). The maximum Gasteiger partial charge on any atom is 0.308 e. The van der Waals surface area contributed by atoms with Gasteiger partial charge in [-0.05, 0) is 30.3 Å². The molecule has 1 N–H and O–H groups in total. The number of amides is 1. The summed E-state index contributed by atoms with van der Waals surface area (Å²) < 4.78 is 6.48. The first-order valence-electron chi connectivity index (χ1n) is 9.62. The van der Waals surface area contributed by atoms with Crippen LogP contribution in [0, 0.1) is 0 Å². The standard InChI is InChI=1S/C24H19N3O4/c1-15(28)27-21-13-12-18(14-20(21)23(26-27)17-8-4-3-5-9-17)25-24(30)19-10-6-7-11-22(19)31-16(2)29/h3-14H,1-2H3,(H,25,30). The molecule has 0 aliphatic rings. The fourth-order valence-electron chi connectivity index (χ4n) is 3.34. The van der Waals surface area contributed by atoms with Crippen LogP contribution in [0.3, 0.4) is 0 Å². The second-order valence-corrected chi connectivity index (χ2v) is 6.92. The van der Waals surface area contributed by atoms with E-state index in [1.807, 2.05) is 30.3 Å². The summed E-state index contributed by atoms with van der Waals surface area (Å²) in [5, 5.41) is 8.04. The smallest absolute Gasteiger partial charge is 0.308 e. The van der Waals surface area contributed by atoms with Crippen molar-refractivity contribution >= 4 is 34.4 Å². The van der Waals surface area contributed by atoms with Crippen molar-refractivity contribution < 1.29 is 19.1 Å². The van der Waals surface area contributed by atoms with Gasteiger partial charge in [0.2, 0.25) is 5.91 Å². The SMILES string of the molecule is CC(=O)Oc1ccccc1C(=O)Nc1ccc2c(c1)c(-c1ccccc1)nn2C(C)=O. The molecule has 7 nitrogen and oxygen atoms in total. The zero-order valence-corrected chi connectivity index (χ0v) is 17.0. The number of esters is 1. The van der Waals surface area contributed by atoms with Crippen LogP contribution in [0.5, 0.6) is 5.75 Å². The van der Waals surface area contributed by atoms with Crippen LogP contribution in [0.2, 0.25) is 0 Å². The quantitative estimate of drug-likeness (QED) is 0.392. The molecule has 1 heterocycles. The number of aromatic nitrogens is 2. The van der Waals surface area contributed by atoms with E-state index in [-0.39, 0.29) is 17.2 Å². The average Bonchev–Trinajstić information content (AvgIpc) is 3.13. The van der Waals surface area contributed by atoms with Crippen LogP contribution in [0.15, 0.2) is 72.8 Å². The highest BCUT2D eigenvalue weighted by Gasteiger charge is 2.17. The normalized spacial score (nSPS) is 10.6. The predicted octanol–water partition coefficient (Wildman–Crippen LogP) is 4.54. The summed E-state index contributed by atoms with van der Waals surface area (Å²) in [6.07, 6.45) is 0. The molecule has 0 aliphatic carbocycles. The van der Waals surface area contributed by atoms with Crippen molar-refractivity contribution in [3.63, 3.8) is 0 Å². The minimum absolute atomic E-state index is 0.183. The molecule has 7 heteroatoms. The molecular weight excluding hydrogens is 394 g/mol. The molecule has 0 radical (unpaired) electrons. The van der Waals surface area contributed by atoms with Gasteiger partial charge in [0.25, 0.3) is 5.91 Å². The molecule has 0 aliphatic heterocycles. The Bertz CT molecular complexity index is 1310. The molecule has 0 bridgehead atoms. The van der Waals surface area contributed by atoms with Crippen LogP contribution in [0.4, 0.5) is 5.69 Å². The van der Waals surface area contributed by atoms with Gasteiger partial charge in [-0.1, -0.05) is 42.5 Å². The predicted molar refractivity (Wildman–Crippen MR) is 117 cm³/mol. The minimum atomic E-state index is -0.509. The van der Waals surface area contributed by atoms with Crippen molar-refractivity contribution in [2.75, 3.05) is 5.32 Å². The van der Waals surface area contributed by atoms with Crippen LogP contribution in [0.25, 0.3) is 22.2 Å². The molecule has 31 heavy (non-hydrogen) atoms. The number of para-hydroxylation sites is 1.